The van der Waals surface area contributed by atoms with Crippen LogP contribution in [0.15, 0.2) is 65.2 Å². The first-order valence-electron chi connectivity index (χ1n) is 12.8. The van der Waals surface area contributed by atoms with Gasteiger partial charge in [-0.1, -0.05) is 23.8 Å². The number of ketones is 1. The van der Waals surface area contributed by atoms with Crippen LogP contribution in [0, 0.1) is 6.92 Å². The molecule has 1 aliphatic rings. The second kappa shape index (κ2) is 10.5. The summed E-state index contributed by atoms with van der Waals surface area (Å²) in [7, 11) is 1.50. The highest BCUT2D eigenvalue weighted by Crippen LogP contribution is 2.34. The maximum atomic E-state index is 13.4. The number of Topliss-reactive ketones (excluding diaryl/α,β-unsaturated/α-hetero) is 1. The monoisotopic (exact) mass is 535 g/mol. The number of hydrogen-bond donors (Lipinski definition) is 1. The number of nitrogens with one attached hydrogen (secondary N) is 1. The summed E-state index contributed by atoms with van der Waals surface area (Å²) in [6, 6.07) is 7.87. The zero-order chi connectivity index (χ0) is 27.6. The molecule has 1 saturated heterocycles. The maximum Gasteiger partial charge on any atom is 0.295 e. The molecular weight excluding hydrogens is 510 g/mol. The largest absolute Gasteiger partial charge is 0.494 e. The van der Waals surface area contributed by atoms with Gasteiger partial charge in [-0.2, -0.15) is 0 Å². The minimum atomic E-state index is -0.601. The van der Waals surface area contributed by atoms with Gasteiger partial charge in [0.1, 0.15) is 17.1 Å². The number of carbonyl (C=O) groups is 2. The lowest BCUT2D eigenvalue weighted by Gasteiger charge is -2.28. The standard InChI is InChI=1S/C29H25N7O4/c1-17-34-35-28(40-17)20-5-3-4-19(13-20)12-18-6-10-36(11-7-18)29(38)27(37)21-14-32-26-24(21)23(39-2)16-33-25(26)22-15-30-8-9-31-22/h3-5,8-9,12-16,32H,6-7,10-11H2,1-2H3. The number of nitrogens with zero attached hydrogens (tertiary/aromatic N) is 6. The second-order valence-electron chi connectivity index (χ2n) is 9.39. The Morgan fingerprint density at radius 3 is 2.67 bits per heavy atom. The summed E-state index contributed by atoms with van der Waals surface area (Å²) in [5.41, 5.74) is 4.90. The van der Waals surface area contributed by atoms with E-state index in [1.165, 1.54) is 25.1 Å². The van der Waals surface area contributed by atoms with E-state index in [2.05, 4.69) is 36.2 Å². The van der Waals surface area contributed by atoms with E-state index in [1.807, 2.05) is 24.3 Å². The molecular formula is C29H25N7O4. The number of benzene rings is 1. The molecule has 0 saturated carbocycles. The predicted molar refractivity (Wildman–Crippen MR) is 146 cm³/mol. The van der Waals surface area contributed by atoms with Crippen molar-refractivity contribution in [3.8, 4) is 28.6 Å². The Labute approximate surface area is 229 Å². The Kier molecular flexibility index (Phi) is 6.61. The van der Waals surface area contributed by atoms with Gasteiger partial charge in [0, 0.05) is 44.2 Å². The van der Waals surface area contributed by atoms with Crippen molar-refractivity contribution >= 4 is 28.7 Å². The SMILES string of the molecule is COc1cnc(-c2cnccn2)c2[nH]cc(C(=O)C(=O)N3CCC(=Cc4cccc(-c5nnc(C)o5)c4)CC3)c12. The van der Waals surface area contributed by atoms with E-state index in [9.17, 15) is 9.59 Å². The van der Waals surface area contributed by atoms with Crippen LogP contribution in [0.1, 0.15) is 34.7 Å². The summed E-state index contributed by atoms with van der Waals surface area (Å²) >= 11 is 0. The Bertz CT molecular complexity index is 1750. The first-order chi connectivity index (χ1) is 19.5. The van der Waals surface area contributed by atoms with Gasteiger partial charge in [0.15, 0.2) is 0 Å². The van der Waals surface area contributed by atoms with Crippen molar-refractivity contribution in [2.75, 3.05) is 20.2 Å². The minimum Gasteiger partial charge on any atom is -0.494 e. The normalized spacial score (nSPS) is 13.4. The van der Waals surface area contributed by atoms with Gasteiger partial charge >= 0.3 is 0 Å². The average molecular weight is 536 g/mol. The van der Waals surface area contributed by atoms with Crippen LogP contribution in [0.2, 0.25) is 0 Å². The third-order valence-corrected chi connectivity index (χ3v) is 6.86. The Hall–Kier alpha value is -5.19. The lowest BCUT2D eigenvalue weighted by molar-refractivity contribution is -0.126. The third kappa shape index (κ3) is 4.73. The summed E-state index contributed by atoms with van der Waals surface area (Å²) < 4.78 is 11.0. The molecule has 4 aromatic heterocycles. The highest BCUT2D eigenvalue weighted by Gasteiger charge is 2.29. The van der Waals surface area contributed by atoms with Gasteiger partial charge in [-0.25, -0.2) is 4.98 Å². The molecule has 1 aliphatic heterocycles. The lowest BCUT2D eigenvalue weighted by atomic mass is 9.99. The van der Waals surface area contributed by atoms with Crippen LogP contribution in [-0.4, -0.2) is 66.9 Å². The van der Waals surface area contributed by atoms with E-state index < -0.39 is 11.7 Å². The number of ether oxygens (including phenoxy) is 1. The van der Waals surface area contributed by atoms with E-state index in [0.717, 1.165) is 11.1 Å². The molecule has 5 heterocycles. The highest BCUT2D eigenvalue weighted by molar-refractivity contribution is 6.45. The van der Waals surface area contributed by atoms with Crippen molar-refractivity contribution in [1.29, 1.82) is 0 Å². The summed E-state index contributed by atoms with van der Waals surface area (Å²) in [5, 5.41) is 8.47. The number of hydrogen-bond acceptors (Lipinski definition) is 9. The van der Waals surface area contributed by atoms with Crippen LogP contribution in [0.3, 0.4) is 0 Å². The number of likely N-dealkylation sites (tertiary alicyclic amines) is 1. The van der Waals surface area contributed by atoms with E-state index in [-0.39, 0.29) is 5.56 Å². The third-order valence-electron chi connectivity index (χ3n) is 6.86. The number of aromatic nitrogens is 6. The molecule has 0 bridgehead atoms. The molecule has 0 aliphatic carbocycles. The van der Waals surface area contributed by atoms with Gasteiger partial charge in [-0.3, -0.25) is 19.6 Å². The Morgan fingerprint density at radius 2 is 1.95 bits per heavy atom. The molecule has 11 heteroatoms. The van der Waals surface area contributed by atoms with Gasteiger partial charge in [0.05, 0.1) is 36.0 Å². The summed E-state index contributed by atoms with van der Waals surface area (Å²) in [6.07, 6.45) is 11.2. The summed E-state index contributed by atoms with van der Waals surface area (Å²) in [6.45, 7) is 2.65. The van der Waals surface area contributed by atoms with Crippen LogP contribution in [0.25, 0.3) is 39.8 Å². The molecule has 1 amide bonds. The maximum absolute atomic E-state index is 13.4. The molecule has 0 atom stereocenters. The smallest absolute Gasteiger partial charge is 0.295 e. The fourth-order valence-electron chi connectivity index (χ4n) is 4.88. The van der Waals surface area contributed by atoms with Gasteiger partial charge in [0.2, 0.25) is 11.8 Å². The molecule has 40 heavy (non-hydrogen) atoms. The molecule has 1 fully saturated rings. The lowest BCUT2D eigenvalue weighted by Crippen LogP contribution is -2.40. The number of amides is 1. The zero-order valence-corrected chi connectivity index (χ0v) is 21.9. The van der Waals surface area contributed by atoms with Crippen molar-refractivity contribution in [1.82, 2.24) is 35.0 Å². The van der Waals surface area contributed by atoms with Crippen LogP contribution in [-0.2, 0) is 4.79 Å². The molecule has 0 unspecified atom stereocenters. The van der Waals surface area contributed by atoms with E-state index in [4.69, 9.17) is 9.15 Å². The Morgan fingerprint density at radius 1 is 1.10 bits per heavy atom. The first-order valence-corrected chi connectivity index (χ1v) is 12.8. The quantitative estimate of drug-likeness (QED) is 0.249. The van der Waals surface area contributed by atoms with Crippen LogP contribution in [0.5, 0.6) is 5.75 Å². The number of aryl methyl sites for hydroxylation is 1. The van der Waals surface area contributed by atoms with Crippen molar-refractivity contribution < 1.29 is 18.7 Å². The zero-order valence-electron chi connectivity index (χ0n) is 21.9. The average Bonchev–Trinajstić information content (AvgIpc) is 3.64. The van der Waals surface area contributed by atoms with Crippen molar-refractivity contribution in [3.05, 3.63) is 77.8 Å². The number of pyridine rings is 1. The number of carbonyl (C=O) groups excluding carboxylic acids is 2. The summed E-state index contributed by atoms with van der Waals surface area (Å²) in [4.78, 5) is 44.3. The van der Waals surface area contributed by atoms with E-state index in [0.29, 0.717) is 65.8 Å². The van der Waals surface area contributed by atoms with Crippen LogP contribution >= 0.6 is 0 Å². The van der Waals surface area contributed by atoms with E-state index >= 15 is 0 Å². The summed E-state index contributed by atoms with van der Waals surface area (Å²) in [5.74, 6) is 0.232. The molecule has 1 aromatic carbocycles. The first kappa shape index (κ1) is 25.1. The molecule has 0 spiro atoms. The number of aromatic amines is 1. The topological polar surface area (TPSA) is 140 Å². The minimum absolute atomic E-state index is 0.235. The molecule has 200 valence electrons. The fourth-order valence-corrected chi connectivity index (χ4v) is 4.88. The second-order valence-corrected chi connectivity index (χ2v) is 9.39. The van der Waals surface area contributed by atoms with Crippen molar-refractivity contribution in [2.45, 2.75) is 19.8 Å². The van der Waals surface area contributed by atoms with E-state index in [1.54, 1.807) is 30.4 Å². The number of piperidine rings is 1. The van der Waals surface area contributed by atoms with Gasteiger partial charge in [-0.05, 0) is 30.5 Å². The Balaban J connectivity index is 1.19. The number of methoxy groups -OCH3 is 1. The van der Waals surface area contributed by atoms with Gasteiger partial charge in [0.25, 0.3) is 11.7 Å². The number of fused-ring (bicyclic) bond motifs is 1. The molecule has 6 rings (SSSR count). The molecule has 11 nitrogen and oxygen atoms in total. The van der Waals surface area contributed by atoms with Crippen LogP contribution in [0.4, 0.5) is 0 Å². The van der Waals surface area contributed by atoms with Crippen LogP contribution < -0.4 is 4.74 Å². The van der Waals surface area contributed by atoms with Crippen molar-refractivity contribution in [3.63, 3.8) is 0 Å². The predicted octanol–water partition coefficient (Wildman–Crippen LogP) is 4.28. The number of rotatable bonds is 6. The molecule has 5 aromatic rings. The fraction of sp³-hybridized carbons (Fsp3) is 0.207. The molecule has 1 N–H and O–H groups in total. The van der Waals surface area contributed by atoms with Gasteiger partial charge in [-0.15, -0.1) is 10.2 Å². The molecule has 0 radical (unpaired) electrons. The van der Waals surface area contributed by atoms with Gasteiger partial charge < -0.3 is 19.0 Å². The number of H-pyrrole nitrogens is 1. The van der Waals surface area contributed by atoms with Crippen molar-refractivity contribution in [2.24, 2.45) is 0 Å². The highest BCUT2D eigenvalue weighted by atomic mass is 16.5.